The van der Waals surface area contributed by atoms with Gasteiger partial charge in [-0.15, -0.1) is 0 Å². The summed E-state index contributed by atoms with van der Waals surface area (Å²) in [6.07, 6.45) is 0. The number of ether oxygens (including phenoxy) is 1. The summed E-state index contributed by atoms with van der Waals surface area (Å²) in [4.78, 5) is 8.41. The maximum absolute atomic E-state index is 5.93. The van der Waals surface area contributed by atoms with E-state index in [-0.39, 0.29) is 0 Å². The zero-order valence-electron chi connectivity index (χ0n) is 9.31. The summed E-state index contributed by atoms with van der Waals surface area (Å²) in [5, 5.41) is 7.56. The highest BCUT2D eigenvalue weighted by Gasteiger charge is 2.04. The molecule has 0 saturated heterocycles. The molecule has 2 heterocycles. The van der Waals surface area contributed by atoms with Crippen LogP contribution in [0.25, 0.3) is 0 Å². The molecule has 0 aliphatic carbocycles. The number of nitrogens with one attached hydrogen (secondary N) is 1. The molecule has 2 aromatic rings. The zero-order chi connectivity index (χ0) is 12.1. The van der Waals surface area contributed by atoms with Gasteiger partial charge in [-0.25, -0.2) is 9.97 Å². The number of hydrogen-bond acceptors (Lipinski definition) is 5. The van der Waals surface area contributed by atoms with Crippen LogP contribution >= 0.6 is 22.9 Å². The highest BCUT2D eigenvalue weighted by atomic mass is 35.5. The van der Waals surface area contributed by atoms with Crippen LogP contribution in [0, 0.1) is 0 Å². The number of halogens is 1. The Labute approximate surface area is 109 Å². The summed E-state index contributed by atoms with van der Waals surface area (Å²) < 4.78 is 5.26. The average Bonchev–Trinajstić information content (AvgIpc) is 2.78. The van der Waals surface area contributed by atoms with E-state index in [0.29, 0.717) is 30.0 Å². The number of nitrogens with zero attached hydrogens (tertiary/aromatic N) is 2. The van der Waals surface area contributed by atoms with Crippen molar-refractivity contribution in [2.75, 3.05) is 11.9 Å². The molecule has 0 atom stereocenters. The third-order valence-corrected chi connectivity index (χ3v) is 2.85. The van der Waals surface area contributed by atoms with Crippen molar-refractivity contribution in [3.05, 3.63) is 33.9 Å². The molecule has 0 radical (unpaired) electrons. The molecule has 1 N–H and O–H groups in total. The van der Waals surface area contributed by atoms with Gasteiger partial charge in [0.1, 0.15) is 17.6 Å². The Kier molecular flexibility index (Phi) is 4.30. The van der Waals surface area contributed by atoms with Crippen molar-refractivity contribution in [1.29, 1.82) is 0 Å². The van der Waals surface area contributed by atoms with E-state index < -0.39 is 0 Å². The van der Waals surface area contributed by atoms with E-state index in [1.165, 1.54) is 0 Å². The maximum atomic E-state index is 5.93. The SMILES string of the molecule is CCOCc1nc(Cl)cc(Nc2ccsc2)n1. The maximum Gasteiger partial charge on any atom is 0.158 e. The first kappa shape index (κ1) is 12.3. The summed E-state index contributed by atoms with van der Waals surface area (Å²) in [5.41, 5.74) is 0.993. The molecule has 0 fully saturated rings. The van der Waals surface area contributed by atoms with E-state index in [4.69, 9.17) is 16.3 Å². The van der Waals surface area contributed by atoms with E-state index in [1.54, 1.807) is 17.4 Å². The normalized spacial score (nSPS) is 10.5. The molecule has 2 aromatic heterocycles. The van der Waals surface area contributed by atoms with Gasteiger partial charge in [0, 0.05) is 18.1 Å². The molecule has 0 aromatic carbocycles. The number of thiophene rings is 1. The van der Waals surface area contributed by atoms with Crippen LogP contribution in [0.3, 0.4) is 0 Å². The first-order valence-corrected chi connectivity index (χ1v) is 6.50. The van der Waals surface area contributed by atoms with Crippen LogP contribution in [0.1, 0.15) is 12.7 Å². The number of hydrogen-bond donors (Lipinski definition) is 1. The summed E-state index contributed by atoms with van der Waals surface area (Å²) in [7, 11) is 0. The first-order chi connectivity index (χ1) is 8.28. The van der Waals surface area contributed by atoms with Gasteiger partial charge in [-0.3, -0.25) is 0 Å². The fraction of sp³-hybridized carbons (Fsp3) is 0.273. The smallest absolute Gasteiger partial charge is 0.158 e. The van der Waals surface area contributed by atoms with E-state index in [1.807, 2.05) is 23.8 Å². The second-order valence-electron chi connectivity index (χ2n) is 3.27. The summed E-state index contributed by atoms with van der Waals surface area (Å²) in [5.74, 6) is 1.26. The summed E-state index contributed by atoms with van der Waals surface area (Å²) in [6, 6.07) is 3.66. The van der Waals surface area contributed by atoms with Crippen LogP contribution in [0.15, 0.2) is 22.9 Å². The lowest BCUT2D eigenvalue weighted by atomic mass is 10.4. The molecular formula is C11H12ClN3OS. The molecule has 17 heavy (non-hydrogen) atoms. The molecule has 0 spiro atoms. The fourth-order valence-corrected chi connectivity index (χ4v) is 2.06. The van der Waals surface area contributed by atoms with Crippen molar-refractivity contribution in [2.45, 2.75) is 13.5 Å². The van der Waals surface area contributed by atoms with Crippen molar-refractivity contribution in [3.8, 4) is 0 Å². The molecule has 6 heteroatoms. The second kappa shape index (κ2) is 5.95. The lowest BCUT2D eigenvalue weighted by Gasteiger charge is -2.06. The molecule has 0 aliphatic rings. The lowest BCUT2D eigenvalue weighted by Crippen LogP contribution is -2.02. The molecule has 2 rings (SSSR count). The molecule has 90 valence electrons. The van der Waals surface area contributed by atoms with E-state index in [9.17, 15) is 0 Å². The van der Waals surface area contributed by atoms with Gasteiger partial charge in [0.15, 0.2) is 5.82 Å². The van der Waals surface area contributed by atoms with Gasteiger partial charge < -0.3 is 10.1 Å². The topological polar surface area (TPSA) is 47.0 Å². The second-order valence-corrected chi connectivity index (χ2v) is 4.43. The van der Waals surface area contributed by atoms with Crippen molar-refractivity contribution < 1.29 is 4.74 Å². The van der Waals surface area contributed by atoms with Crippen LogP contribution in [0.4, 0.5) is 11.5 Å². The largest absolute Gasteiger partial charge is 0.374 e. The standard InChI is InChI=1S/C11H12ClN3OS/c1-2-16-6-11-14-9(12)5-10(15-11)13-8-3-4-17-7-8/h3-5,7H,2,6H2,1H3,(H,13,14,15). The lowest BCUT2D eigenvalue weighted by molar-refractivity contribution is 0.128. The Hall–Kier alpha value is -1.17. The minimum Gasteiger partial charge on any atom is -0.374 e. The molecule has 0 bridgehead atoms. The van der Waals surface area contributed by atoms with Gasteiger partial charge in [-0.1, -0.05) is 11.6 Å². The number of rotatable bonds is 5. The summed E-state index contributed by atoms with van der Waals surface area (Å²) >= 11 is 7.54. The third kappa shape index (κ3) is 3.66. The highest BCUT2D eigenvalue weighted by molar-refractivity contribution is 7.08. The molecule has 0 aliphatic heterocycles. The van der Waals surface area contributed by atoms with Gasteiger partial charge in [0.25, 0.3) is 0 Å². The van der Waals surface area contributed by atoms with Crippen LogP contribution in [-0.4, -0.2) is 16.6 Å². The van der Waals surface area contributed by atoms with Crippen LogP contribution in [-0.2, 0) is 11.3 Å². The first-order valence-electron chi connectivity index (χ1n) is 5.18. The molecule has 0 saturated carbocycles. The van der Waals surface area contributed by atoms with Gasteiger partial charge in [-0.05, 0) is 18.4 Å². The van der Waals surface area contributed by atoms with E-state index >= 15 is 0 Å². The van der Waals surface area contributed by atoms with E-state index in [0.717, 1.165) is 5.69 Å². The minimum atomic E-state index is 0.370. The van der Waals surface area contributed by atoms with E-state index in [2.05, 4.69) is 15.3 Å². The molecular weight excluding hydrogens is 258 g/mol. The average molecular weight is 270 g/mol. The quantitative estimate of drug-likeness (QED) is 0.845. The van der Waals surface area contributed by atoms with Gasteiger partial charge in [-0.2, -0.15) is 11.3 Å². The minimum absolute atomic E-state index is 0.370. The number of anilines is 2. The van der Waals surface area contributed by atoms with Crippen molar-refractivity contribution in [3.63, 3.8) is 0 Å². The van der Waals surface area contributed by atoms with Crippen molar-refractivity contribution in [1.82, 2.24) is 9.97 Å². The predicted octanol–water partition coefficient (Wildman–Crippen LogP) is 3.47. The third-order valence-electron chi connectivity index (χ3n) is 1.97. The Balaban J connectivity index is 2.13. The molecule has 4 nitrogen and oxygen atoms in total. The fourth-order valence-electron chi connectivity index (χ4n) is 1.27. The monoisotopic (exact) mass is 269 g/mol. The highest BCUT2D eigenvalue weighted by Crippen LogP contribution is 2.19. The Morgan fingerprint density at radius 3 is 3.06 bits per heavy atom. The van der Waals surface area contributed by atoms with Crippen molar-refractivity contribution >= 4 is 34.4 Å². The van der Waals surface area contributed by atoms with Crippen LogP contribution in [0.5, 0.6) is 0 Å². The predicted molar refractivity (Wildman–Crippen MR) is 70.0 cm³/mol. The number of aromatic nitrogens is 2. The summed E-state index contributed by atoms with van der Waals surface area (Å²) in [6.45, 7) is 2.92. The van der Waals surface area contributed by atoms with Gasteiger partial charge in [0.05, 0.1) is 5.69 Å². The Morgan fingerprint density at radius 2 is 2.35 bits per heavy atom. The van der Waals surface area contributed by atoms with Gasteiger partial charge in [0.2, 0.25) is 0 Å². The van der Waals surface area contributed by atoms with Crippen LogP contribution in [0.2, 0.25) is 5.15 Å². The zero-order valence-corrected chi connectivity index (χ0v) is 10.9. The Bertz CT molecular complexity index is 476. The molecule has 0 unspecified atom stereocenters. The van der Waals surface area contributed by atoms with Gasteiger partial charge >= 0.3 is 0 Å². The molecule has 0 amide bonds. The Morgan fingerprint density at radius 1 is 1.47 bits per heavy atom. The van der Waals surface area contributed by atoms with Crippen LogP contribution < -0.4 is 5.32 Å². The van der Waals surface area contributed by atoms with Crippen molar-refractivity contribution in [2.24, 2.45) is 0 Å².